The quantitative estimate of drug-likeness (QED) is 0.784. The Bertz CT molecular complexity index is 655. The number of carbonyl (C=O) groups is 1. The molecule has 6 nitrogen and oxygen atoms in total. The molecule has 3 aliphatic rings. The third-order valence-corrected chi connectivity index (χ3v) is 7.01. The third kappa shape index (κ3) is 3.20. The van der Waals surface area contributed by atoms with Gasteiger partial charge in [-0.15, -0.1) is 0 Å². The van der Waals surface area contributed by atoms with Gasteiger partial charge < -0.3 is 15.0 Å². The zero-order valence-corrected chi connectivity index (χ0v) is 16.4. The molecule has 142 valence electrons. The number of ether oxygens (including phenoxy) is 1. The van der Waals surface area contributed by atoms with Crippen molar-refractivity contribution in [3.8, 4) is 0 Å². The van der Waals surface area contributed by atoms with Gasteiger partial charge in [0.2, 0.25) is 11.9 Å². The van der Waals surface area contributed by atoms with E-state index in [0.717, 1.165) is 56.2 Å². The Morgan fingerprint density at radius 1 is 1.42 bits per heavy atom. The first-order valence-corrected chi connectivity index (χ1v) is 10.9. The molecule has 1 amide bonds. The number of fused-ring (bicyclic) bond motifs is 1. The van der Waals surface area contributed by atoms with Gasteiger partial charge in [0.15, 0.2) is 0 Å². The number of hydrogen-bond donors (Lipinski definition) is 1. The largest absolute Gasteiger partial charge is 0.369 e. The van der Waals surface area contributed by atoms with Gasteiger partial charge in [0, 0.05) is 37.3 Å². The molecule has 0 saturated carbocycles. The molecular formula is C19H28N4O2S. The molecule has 1 aromatic rings. The second kappa shape index (κ2) is 7.35. The minimum absolute atomic E-state index is 0.0645. The van der Waals surface area contributed by atoms with Gasteiger partial charge in [0.1, 0.15) is 0 Å². The lowest BCUT2D eigenvalue weighted by Gasteiger charge is -2.29. The number of aryl methyl sites for hydroxylation is 1. The number of aromatic nitrogens is 2. The van der Waals surface area contributed by atoms with Crippen LogP contribution in [0.25, 0.3) is 0 Å². The molecule has 1 N–H and O–H groups in total. The molecule has 7 heteroatoms. The number of amides is 1. The predicted molar refractivity (Wildman–Crippen MR) is 103 cm³/mol. The average Bonchev–Trinajstić information content (AvgIpc) is 3.33. The van der Waals surface area contributed by atoms with Crippen molar-refractivity contribution in [3.63, 3.8) is 0 Å². The molecule has 1 aromatic heterocycles. The first-order valence-electron chi connectivity index (χ1n) is 9.73. The Morgan fingerprint density at radius 2 is 2.23 bits per heavy atom. The number of hydrogen-bond acceptors (Lipinski definition) is 6. The van der Waals surface area contributed by atoms with Crippen molar-refractivity contribution in [1.29, 1.82) is 0 Å². The van der Waals surface area contributed by atoms with Crippen molar-refractivity contribution in [3.05, 3.63) is 18.0 Å². The molecule has 0 aliphatic carbocycles. The van der Waals surface area contributed by atoms with Crippen LogP contribution in [-0.2, 0) is 16.0 Å². The normalized spacial score (nSPS) is 32.1. The molecule has 4 atom stereocenters. The van der Waals surface area contributed by atoms with Crippen LogP contribution in [0.4, 0.5) is 5.95 Å². The zero-order valence-electron chi connectivity index (χ0n) is 15.6. The SMILES string of the molecule is CCSCC(=O)NC[C@H]1[C@H]2CN(c3ncc(CC)cn3)C[C@]23CC[C@H]1O3. The summed E-state index contributed by atoms with van der Waals surface area (Å²) in [5.74, 6) is 3.32. The fourth-order valence-corrected chi connectivity index (χ4v) is 5.28. The fourth-order valence-electron chi connectivity index (χ4n) is 4.79. The lowest BCUT2D eigenvalue weighted by Crippen LogP contribution is -2.42. The molecule has 1 spiro atoms. The Hall–Kier alpha value is -1.34. The van der Waals surface area contributed by atoms with Crippen LogP contribution in [0.3, 0.4) is 0 Å². The van der Waals surface area contributed by atoms with E-state index in [1.54, 1.807) is 11.8 Å². The fraction of sp³-hybridized carbons (Fsp3) is 0.737. The Labute approximate surface area is 159 Å². The van der Waals surface area contributed by atoms with Gasteiger partial charge in [0.25, 0.3) is 0 Å². The van der Waals surface area contributed by atoms with Gasteiger partial charge in [-0.2, -0.15) is 11.8 Å². The summed E-state index contributed by atoms with van der Waals surface area (Å²) in [7, 11) is 0. The molecule has 3 saturated heterocycles. The van der Waals surface area contributed by atoms with Gasteiger partial charge in [-0.1, -0.05) is 13.8 Å². The number of nitrogens with one attached hydrogen (secondary N) is 1. The second-order valence-electron chi connectivity index (χ2n) is 7.60. The van der Waals surface area contributed by atoms with Crippen molar-refractivity contribution >= 4 is 23.6 Å². The van der Waals surface area contributed by atoms with Crippen LogP contribution in [0, 0.1) is 11.8 Å². The maximum Gasteiger partial charge on any atom is 0.230 e. The van der Waals surface area contributed by atoms with Crippen molar-refractivity contribution in [1.82, 2.24) is 15.3 Å². The topological polar surface area (TPSA) is 67.4 Å². The minimum Gasteiger partial charge on any atom is -0.369 e. The highest BCUT2D eigenvalue weighted by Crippen LogP contribution is 2.54. The predicted octanol–water partition coefficient (Wildman–Crippen LogP) is 1.89. The van der Waals surface area contributed by atoms with E-state index in [2.05, 4.69) is 34.0 Å². The van der Waals surface area contributed by atoms with Gasteiger partial charge in [-0.25, -0.2) is 9.97 Å². The molecule has 4 heterocycles. The number of rotatable bonds is 7. The molecule has 2 bridgehead atoms. The van der Waals surface area contributed by atoms with Crippen LogP contribution in [0.1, 0.15) is 32.3 Å². The lowest BCUT2D eigenvalue weighted by atomic mass is 9.73. The zero-order chi connectivity index (χ0) is 18.1. The molecule has 3 aliphatic heterocycles. The maximum absolute atomic E-state index is 12.0. The number of carbonyl (C=O) groups excluding carboxylic acids is 1. The van der Waals surface area contributed by atoms with Crippen molar-refractivity contribution < 1.29 is 9.53 Å². The average molecular weight is 377 g/mol. The van der Waals surface area contributed by atoms with E-state index < -0.39 is 0 Å². The summed E-state index contributed by atoms with van der Waals surface area (Å²) in [6, 6.07) is 0. The number of nitrogens with zero attached hydrogens (tertiary/aromatic N) is 3. The van der Waals surface area contributed by atoms with E-state index in [4.69, 9.17) is 4.74 Å². The van der Waals surface area contributed by atoms with E-state index in [0.29, 0.717) is 23.7 Å². The van der Waals surface area contributed by atoms with Crippen LogP contribution in [0.5, 0.6) is 0 Å². The van der Waals surface area contributed by atoms with Crippen LogP contribution >= 0.6 is 11.8 Å². The van der Waals surface area contributed by atoms with Crippen LogP contribution in [0.2, 0.25) is 0 Å². The Balaban J connectivity index is 1.42. The Morgan fingerprint density at radius 3 is 2.96 bits per heavy atom. The van der Waals surface area contributed by atoms with Gasteiger partial charge >= 0.3 is 0 Å². The van der Waals surface area contributed by atoms with Gasteiger partial charge in [-0.3, -0.25) is 4.79 Å². The van der Waals surface area contributed by atoms with E-state index >= 15 is 0 Å². The van der Waals surface area contributed by atoms with E-state index in [-0.39, 0.29) is 11.5 Å². The summed E-state index contributed by atoms with van der Waals surface area (Å²) >= 11 is 1.66. The molecule has 0 aromatic carbocycles. The first kappa shape index (κ1) is 18.0. The van der Waals surface area contributed by atoms with E-state index in [1.807, 2.05) is 12.4 Å². The number of anilines is 1. The van der Waals surface area contributed by atoms with Gasteiger partial charge in [-0.05, 0) is 30.6 Å². The third-order valence-electron chi connectivity index (χ3n) is 6.14. The smallest absolute Gasteiger partial charge is 0.230 e. The van der Waals surface area contributed by atoms with E-state index in [9.17, 15) is 4.79 Å². The summed E-state index contributed by atoms with van der Waals surface area (Å²) in [5, 5.41) is 3.13. The Kier molecular flexibility index (Phi) is 5.10. The van der Waals surface area contributed by atoms with Crippen molar-refractivity contribution in [2.24, 2.45) is 11.8 Å². The summed E-state index contributed by atoms with van der Waals surface area (Å²) in [4.78, 5) is 23.4. The summed E-state index contributed by atoms with van der Waals surface area (Å²) in [5.41, 5.74) is 1.10. The molecule has 3 fully saturated rings. The number of thioether (sulfide) groups is 1. The molecule has 0 radical (unpaired) electrons. The van der Waals surface area contributed by atoms with Crippen LogP contribution in [-0.4, -0.2) is 58.7 Å². The van der Waals surface area contributed by atoms with Crippen molar-refractivity contribution in [2.75, 3.05) is 36.0 Å². The van der Waals surface area contributed by atoms with Crippen molar-refractivity contribution in [2.45, 2.75) is 44.8 Å². The molecule has 0 unspecified atom stereocenters. The summed E-state index contributed by atoms with van der Waals surface area (Å²) in [6.45, 7) is 6.71. The highest BCUT2D eigenvalue weighted by molar-refractivity contribution is 7.99. The van der Waals surface area contributed by atoms with Crippen LogP contribution in [0.15, 0.2) is 12.4 Å². The van der Waals surface area contributed by atoms with Crippen LogP contribution < -0.4 is 10.2 Å². The molecule has 26 heavy (non-hydrogen) atoms. The second-order valence-corrected chi connectivity index (χ2v) is 8.87. The molecule has 4 rings (SSSR count). The first-order chi connectivity index (χ1) is 12.6. The molecular weight excluding hydrogens is 348 g/mol. The monoisotopic (exact) mass is 376 g/mol. The lowest BCUT2D eigenvalue weighted by molar-refractivity contribution is -0.118. The maximum atomic E-state index is 12.0. The summed E-state index contributed by atoms with van der Waals surface area (Å²) in [6.07, 6.45) is 7.32. The highest BCUT2D eigenvalue weighted by Gasteiger charge is 2.63. The minimum atomic E-state index is -0.0645. The van der Waals surface area contributed by atoms with E-state index in [1.165, 1.54) is 0 Å². The summed E-state index contributed by atoms with van der Waals surface area (Å²) < 4.78 is 6.45. The standard InChI is InChI=1S/C19H28N4O2S/c1-3-13-7-21-18(22-8-13)23-10-15-14(9-20-17(24)11-26-4-2)16-5-6-19(15,12-23)25-16/h7-8,14-16H,3-6,9-12H2,1-2H3,(H,20,24)/t14-,15+,16+,19+/m0/s1. The van der Waals surface area contributed by atoms with Gasteiger partial charge in [0.05, 0.1) is 24.0 Å². The highest BCUT2D eigenvalue weighted by atomic mass is 32.2.